The third kappa shape index (κ3) is 4.67. The highest BCUT2D eigenvalue weighted by Crippen LogP contribution is 2.38. The first kappa shape index (κ1) is 19.7. The first-order valence-corrected chi connectivity index (χ1v) is 12.1. The molecule has 142 valence electrons. The second-order valence-electron chi connectivity index (χ2n) is 6.57. The van der Waals surface area contributed by atoms with Crippen molar-refractivity contribution in [3.8, 4) is 37.1 Å². The van der Waals surface area contributed by atoms with Crippen LogP contribution in [0.15, 0.2) is 72.8 Å². The summed E-state index contributed by atoms with van der Waals surface area (Å²) in [4.78, 5) is 3.99. The SMILES string of the molecule is CCCCOc1ccc(-c2ccc(-c3ccc(-c4ccc(I)s4)s3)cc2)cc1. The molecule has 0 radical (unpaired) electrons. The Morgan fingerprint density at radius 3 is 1.89 bits per heavy atom. The monoisotopic (exact) mass is 516 g/mol. The molecule has 0 spiro atoms. The normalized spacial score (nSPS) is 10.9. The number of hydrogen-bond acceptors (Lipinski definition) is 3. The van der Waals surface area contributed by atoms with Crippen molar-refractivity contribution < 1.29 is 4.74 Å². The van der Waals surface area contributed by atoms with Gasteiger partial charge >= 0.3 is 0 Å². The minimum absolute atomic E-state index is 0.790. The number of halogens is 1. The average molecular weight is 516 g/mol. The summed E-state index contributed by atoms with van der Waals surface area (Å²) in [6.45, 7) is 2.97. The standard InChI is InChI=1S/C24H21IOS2/c1-2-3-16-26-20-10-8-18(9-11-20)17-4-6-19(7-5-17)21-12-13-22(27-21)23-14-15-24(25)28-23/h4-15H,2-3,16H2,1H3. The molecule has 0 aliphatic heterocycles. The van der Waals surface area contributed by atoms with E-state index < -0.39 is 0 Å². The van der Waals surface area contributed by atoms with Crippen LogP contribution in [0, 0.1) is 2.88 Å². The van der Waals surface area contributed by atoms with E-state index in [9.17, 15) is 0 Å². The molecule has 0 saturated heterocycles. The molecular weight excluding hydrogens is 495 g/mol. The minimum atomic E-state index is 0.790. The van der Waals surface area contributed by atoms with E-state index in [4.69, 9.17) is 4.74 Å². The van der Waals surface area contributed by atoms with E-state index >= 15 is 0 Å². The lowest BCUT2D eigenvalue weighted by Gasteiger charge is -2.07. The number of rotatable bonds is 7. The molecule has 0 bridgehead atoms. The molecule has 0 unspecified atom stereocenters. The predicted octanol–water partition coefficient (Wildman–Crippen LogP) is 8.59. The van der Waals surface area contributed by atoms with Gasteiger partial charge in [-0.25, -0.2) is 0 Å². The molecule has 4 heteroatoms. The largest absolute Gasteiger partial charge is 0.494 e. The van der Waals surface area contributed by atoms with Crippen LogP contribution < -0.4 is 4.74 Å². The van der Waals surface area contributed by atoms with Gasteiger partial charge in [-0.3, -0.25) is 0 Å². The molecule has 0 atom stereocenters. The molecule has 0 N–H and O–H groups in total. The molecule has 0 aliphatic rings. The van der Waals surface area contributed by atoms with Crippen LogP contribution in [-0.4, -0.2) is 6.61 Å². The summed E-state index contributed by atoms with van der Waals surface area (Å²) in [5.74, 6) is 0.947. The second-order valence-corrected chi connectivity index (χ2v) is 10.6. The summed E-state index contributed by atoms with van der Waals surface area (Å²) in [7, 11) is 0. The van der Waals surface area contributed by atoms with Gasteiger partial charge in [0.25, 0.3) is 0 Å². The van der Waals surface area contributed by atoms with Gasteiger partial charge in [0.1, 0.15) is 5.75 Å². The quantitative estimate of drug-likeness (QED) is 0.177. The van der Waals surface area contributed by atoms with E-state index in [0.29, 0.717) is 0 Å². The van der Waals surface area contributed by atoms with Gasteiger partial charge in [0, 0.05) is 14.6 Å². The molecule has 28 heavy (non-hydrogen) atoms. The summed E-state index contributed by atoms with van der Waals surface area (Å²) in [5, 5.41) is 0. The highest BCUT2D eigenvalue weighted by Gasteiger charge is 2.08. The van der Waals surface area contributed by atoms with Crippen molar-refractivity contribution in [2.45, 2.75) is 19.8 Å². The van der Waals surface area contributed by atoms with Gasteiger partial charge < -0.3 is 4.74 Å². The van der Waals surface area contributed by atoms with E-state index in [-0.39, 0.29) is 0 Å². The van der Waals surface area contributed by atoms with E-state index in [0.717, 1.165) is 25.2 Å². The van der Waals surface area contributed by atoms with Gasteiger partial charge in [0.05, 0.1) is 9.49 Å². The Kier molecular flexibility index (Phi) is 6.50. The van der Waals surface area contributed by atoms with Crippen LogP contribution >= 0.6 is 45.3 Å². The molecule has 2 aromatic heterocycles. The molecule has 0 aliphatic carbocycles. The molecule has 0 saturated carbocycles. The van der Waals surface area contributed by atoms with E-state index in [1.807, 2.05) is 22.7 Å². The van der Waals surface area contributed by atoms with Crippen LogP contribution in [0.3, 0.4) is 0 Å². The van der Waals surface area contributed by atoms with Crippen LogP contribution in [0.25, 0.3) is 31.3 Å². The lowest BCUT2D eigenvalue weighted by atomic mass is 10.0. The highest BCUT2D eigenvalue weighted by atomic mass is 127. The number of unbranched alkanes of at least 4 members (excludes halogenated alkanes) is 1. The van der Waals surface area contributed by atoms with Crippen molar-refractivity contribution in [2.75, 3.05) is 6.61 Å². The van der Waals surface area contributed by atoms with Crippen molar-refractivity contribution in [3.05, 3.63) is 75.7 Å². The predicted molar refractivity (Wildman–Crippen MR) is 132 cm³/mol. The zero-order valence-corrected chi connectivity index (χ0v) is 19.4. The Hall–Kier alpha value is -1.63. The lowest BCUT2D eigenvalue weighted by molar-refractivity contribution is 0.309. The molecule has 2 aromatic carbocycles. The summed E-state index contributed by atoms with van der Waals surface area (Å²) >= 11 is 6.08. The average Bonchev–Trinajstić information content (AvgIpc) is 3.38. The van der Waals surface area contributed by atoms with Gasteiger partial charge in [-0.1, -0.05) is 49.7 Å². The fraction of sp³-hybridized carbons (Fsp3) is 0.167. The Morgan fingerprint density at radius 2 is 1.25 bits per heavy atom. The molecule has 0 fully saturated rings. The molecule has 1 nitrogen and oxygen atoms in total. The Bertz CT molecular complexity index is 1030. The fourth-order valence-electron chi connectivity index (χ4n) is 2.98. The van der Waals surface area contributed by atoms with Gasteiger partial charge in [-0.2, -0.15) is 0 Å². The number of ether oxygens (including phenoxy) is 1. The first-order chi connectivity index (χ1) is 13.7. The van der Waals surface area contributed by atoms with Crippen molar-refractivity contribution >= 4 is 45.3 Å². The molecule has 4 aromatic rings. The topological polar surface area (TPSA) is 9.23 Å². The maximum atomic E-state index is 5.76. The van der Waals surface area contributed by atoms with Crippen molar-refractivity contribution in [3.63, 3.8) is 0 Å². The van der Waals surface area contributed by atoms with Gasteiger partial charge in [-0.15, -0.1) is 22.7 Å². The van der Waals surface area contributed by atoms with E-state index in [1.165, 1.54) is 34.2 Å². The Morgan fingerprint density at radius 1 is 0.679 bits per heavy atom. The first-order valence-electron chi connectivity index (χ1n) is 9.42. The summed E-state index contributed by atoms with van der Waals surface area (Å²) in [6.07, 6.45) is 2.25. The third-order valence-electron chi connectivity index (χ3n) is 4.55. The van der Waals surface area contributed by atoms with Crippen molar-refractivity contribution in [1.29, 1.82) is 0 Å². The van der Waals surface area contributed by atoms with E-state index in [2.05, 4.69) is 102 Å². The zero-order valence-electron chi connectivity index (χ0n) is 15.7. The van der Waals surface area contributed by atoms with Gasteiger partial charge in [-0.05, 0) is 82.1 Å². The van der Waals surface area contributed by atoms with E-state index in [1.54, 1.807) is 0 Å². The Labute approximate surface area is 188 Å². The summed E-state index contributed by atoms with van der Waals surface area (Å²) in [6, 6.07) is 26.1. The van der Waals surface area contributed by atoms with Crippen molar-refractivity contribution in [2.24, 2.45) is 0 Å². The number of hydrogen-bond donors (Lipinski definition) is 0. The van der Waals surface area contributed by atoms with Gasteiger partial charge in [0.15, 0.2) is 0 Å². The molecule has 4 rings (SSSR count). The van der Waals surface area contributed by atoms with Crippen LogP contribution in [0.2, 0.25) is 0 Å². The zero-order chi connectivity index (χ0) is 19.3. The maximum absolute atomic E-state index is 5.76. The van der Waals surface area contributed by atoms with Crippen LogP contribution in [-0.2, 0) is 0 Å². The summed E-state index contributed by atoms with van der Waals surface area (Å²) < 4.78 is 7.08. The van der Waals surface area contributed by atoms with Crippen LogP contribution in [0.4, 0.5) is 0 Å². The Balaban J connectivity index is 1.47. The van der Waals surface area contributed by atoms with Crippen molar-refractivity contribution in [1.82, 2.24) is 0 Å². The smallest absolute Gasteiger partial charge is 0.119 e. The van der Waals surface area contributed by atoms with Crippen LogP contribution in [0.1, 0.15) is 19.8 Å². The second kappa shape index (κ2) is 9.25. The molecule has 2 heterocycles. The minimum Gasteiger partial charge on any atom is -0.494 e. The molecule has 0 amide bonds. The molecular formula is C24H21IOS2. The summed E-state index contributed by atoms with van der Waals surface area (Å²) in [5.41, 5.74) is 3.72. The van der Waals surface area contributed by atoms with Crippen LogP contribution in [0.5, 0.6) is 5.75 Å². The lowest BCUT2D eigenvalue weighted by Crippen LogP contribution is -1.95. The maximum Gasteiger partial charge on any atom is 0.119 e. The number of benzene rings is 2. The fourth-order valence-corrected chi connectivity index (χ4v) is 5.70. The highest BCUT2D eigenvalue weighted by molar-refractivity contribution is 14.1. The number of thiophene rings is 2. The third-order valence-corrected chi connectivity index (χ3v) is 7.77. The van der Waals surface area contributed by atoms with Gasteiger partial charge in [0.2, 0.25) is 0 Å².